The van der Waals surface area contributed by atoms with Crippen molar-refractivity contribution in [2.45, 2.75) is 25.6 Å². The summed E-state index contributed by atoms with van der Waals surface area (Å²) in [6, 6.07) is 5.35. The quantitative estimate of drug-likeness (QED) is 0.607. The molecule has 1 amide bonds. The van der Waals surface area contributed by atoms with E-state index in [1.807, 2.05) is 6.92 Å². The summed E-state index contributed by atoms with van der Waals surface area (Å²) in [6.45, 7) is 1.82. The van der Waals surface area contributed by atoms with Gasteiger partial charge in [0, 0.05) is 0 Å². The average Bonchev–Trinajstić information content (AvgIpc) is 2.57. The number of amides is 1. The smallest absolute Gasteiger partial charge is 0.320 e. The van der Waals surface area contributed by atoms with Gasteiger partial charge in [0.1, 0.15) is 11.3 Å². The molecule has 0 aromatic heterocycles. The van der Waals surface area contributed by atoms with E-state index in [0.29, 0.717) is 5.56 Å². The Bertz CT molecular complexity index is 834. The van der Waals surface area contributed by atoms with E-state index in [0.717, 1.165) is 5.56 Å². The maximum absolute atomic E-state index is 13.8. The first kappa shape index (κ1) is 20.7. The predicted octanol–water partition coefficient (Wildman–Crippen LogP) is 4.08. The summed E-state index contributed by atoms with van der Waals surface area (Å²) in [5, 5.41) is 1.51. The minimum absolute atomic E-state index is 0.0824. The van der Waals surface area contributed by atoms with Gasteiger partial charge < -0.3 is 11.1 Å². The number of aryl methyl sites for hydroxylation is 1. The summed E-state index contributed by atoms with van der Waals surface area (Å²) in [7, 11) is 0. The zero-order valence-electron chi connectivity index (χ0n) is 13.7. The molecule has 146 valence electrons. The molecule has 2 rings (SSSR count). The lowest BCUT2D eigenvalue weighted by Crippen LogP contribution is -2.38. The Labute approximate surface area is 149 Å². The maximum atomic E-state index is 13.8. The highest BCUT2D eigenvalue weighted by molar-refractivity contribution is 5.95. The van der Waals surface area contributed by atoms with Crippen LogP contribution in [0.15, 0.2) is 24.3 Å². The van der Waals surface area contributed by atoms with Crippen LogP contribution >= 0.6 is 0 Å². The van der Waals surface area contributed by atoms with Crippen LogP contribution in [0.2, 0.25) is 0 Å². The minimum atomic E-state index is -5.67. The third kappa shape index (κ3) is 4.38. The first-order valence-corrected chi connectivity index (χ1v) is 7.48. The molecule has 1 atom stereocenters. The molecule has 2 aromatic carbocycles. The number of carbonyl (C=O) groups is 1. The number of halogens is 7. The van der Waals surface area contributed by atoms with Crippen LogP contribution in [-0.2, 0) is 17.4 Å². The van der Waals surface area contributed by atoms with Crippen LogP contribution in [0.5, 0.6) is 0 Å². The van der Waals surface area contributed by atoms with Gasteiger partial charge in [-0.3, -0.25) is 4.79 Å². The summed E-state index contributed by atoms with van der Waals surface area (Å²) in [5.74, 6) is -11.3. The van der Waals surface area contributed by atoms with Gasteiger partial charge in [0.2, 0.25) is 5.91 Å². The third-order valence-electron chi connectivity index (χ3n) is 3.71. The van der Waals surface area contributed by atoms with Crippen LogP contribution in [-0.4, -0.2) is 11.9 Å². The monoisotopic (exact) mass is 394 g/mol. The zero-order chi connectivity index (χ0) is 20.5. The van der Waals surface area contributed by atoms with Gasteiger partial charge in [-0.1, -0.05) is 29.8 Å². The number of hydrogen-bond donors (Lipinski definition) is 2. The van der Waals surface area contributed by atoms with Crippen LogP contribution in [0, 0.1) is 30.2 Å². The van der Waals surface area contributed by atoms with E-state index in [1.165, 1.54) is 5.32 Å². The molecule has 2 aromatic rings. The molecule has 0 aliphatic rings. The fraction of sp³-hybridized carbons (Fsp3) is 0.235. The van der Waals surface area contributed by atoms with Crippen LogP contribution in [0.3, 0.4) is 0 Å². The first-order chi connectivity index (χ1) is 12.4. The standard InChI is InChI=1S/C17H13F7N2O/c1-7-2-4-8(5-3-7)6-9(25)16(27)26-15-13(20)11(18)10(17(22,23)24)12(19)14(15)21/h2-5,9H,6,25H2,1H3,(H,26,27)/t9-/m0/s1. The summed E-state index contributed by atoms with van der Waals surface area (Å²) in [6.07, 6.45) is -5.75. The van der Waals surface area contributed by atoms with Gasteiger partial charge in [0.25, 0.3) is 0 Å². The van der Waals surface area contributed by atoms with Crippen molar-refractivity contribution in [3.8, 4) is 0 Å². The second-order valence-electron chi connectivity index (χ2n) is 5.79. The van der Waals surface area contributed by atoms with Crippen molar-refractivity contribution < 1.29 is 35.5 Å². The second-order valence-corrected chi connectivity index (χ2v) is 5.79. The van der Waals surface area contributed by atoms with Crippen LogP contribution < -0.4 is 11.1 Å². The molecule has 3 nitrogen and oxygen atoms in total. The van der Waals surface area contributed by atoms with Gasteiger partial charge >= 0.3 is 6.18 Å². The molecule has 0 aliphatic carbocycles. The summed E-state index contributed by atoms with van der Waals surface area (Å²) in [4.78, 5) is 12.0. The lowest BCUT2D eigenvalue weighted by molar-refractivity contribution is -0.143. The molecule has 0 aliphatic heterocycles. The van der Waals surface area contributed by atoms with Gasteiger partial charge in [-0.05, 0) is 18.9 Å². The molecule has 0 spiro atoms. The van der Waals surface area contributed by atoms with Crippen molar-refractivity contribution in [3.63, 3.8) is 0 Å². The fourth-order valence-electron chi connectivity index (χ4n) is 2.28. The van der Waals surface area contributed by atoms with Crippen molar-refractivity contribution in [2.24, 2.45) is 5.73 Å². The molecule has 27 heavy (non-hydrogen) atoms. The Morgan fingerprint density at radius 3 is 1.93 bits per heavy atom. The predicted molar refractivity (Wildman–Crippen MR) is 82.8 cm³/mol. The number of alkyl halides is 3. The molecule has 0 fully saturated rings. The number of benzene rings is 2. The van der Waals surface area contributed by atoms with Crippen LogP contribution in [0.4, 0.5) is 36.4 Å². The van der Waals surface area contributed by atoms with Crippen molar-refractivity contribution in [1.82, 2.24) is 0 Å². The Hall–Kier alpha value is -2.62. The number of anilines is 1. The fourth-order valence-corrected chi connectivity index (χ4v) is 2.28. The van der Waals surface area contributed by atoms with Crippen molar-refractivity contribution in [2.75, 3.05) is 5.32 Å². The van der Waals surface area contributed by atoms with Gasteiger partial charge in [-0.2, -0.15) is 13.2 Å². The van der Waals surface area contributed by atoms with Gasteiger partial charge in [-0.25, -0.2) is 17.6 Å². The van der Waals surface area contributed by atoms with E-state index >= 15 is 0 Å². The van der Waals surface area contributed by atoms with Crippen LogP contribution in [0.25, 0.3) is 0 Å². The molecule has 0 unspecified atom stereocenters. The number of nitrogens with one attached hydrogen (secondary N) is 1. The maximum Gasteiger partial charge on any atom is 0.422 e. The van der Waals surface area contributed by atoms with Crippen molar-refractivity contribution in [3.05, 3.63) is 64.2 Å². The van der Waals surface area contributed by atoms with E-state index < -0.39 is 52.6 Å². The molecule has 0 bridgehead atoms. The van der Waals surface area contributed by atoms with E-state index in [4.69, 9.17) is 5.73 Å². The zero-order valence-corrected chi connectivity index (χ0v) is 13.7. The van der Waals surface area contributed by atoms with Gasteiger partial charge in [0.05, 0.1) is 6.04 Å². The Morgan fingerprint density at radius 2 is 1.48 bits per heavy atom. The van der Waals surface area contributed by atoms with E-state index in [2.05, 4.69) is 0 Å². The minimum Gasteiger partial charge on any atom is -0.320 e. The topological polar surface area (TPSA) is 55.1 Å². The largest absolute Gasteiger partial charge is 0.422 e. The first-order valence-electron chi connectivity index (χ1n) is 7.48. The molecule has 0 saturated carbocycles. The number of carbonyl (C=O) groups excluding carboxylic acids is 1. The highest BCUT2D eigenvalue weighted by Crippen LogP contribution is 2.38. The van der Waals surface area contributed by atoms with Crippen molar-refractivity contribution >= 4 is 11.6 Å². The normalized spacial score (nSPS) is 12.8. The molecule has 0 heterocycles. The Morgan fingerprint density at radius 1 is 1.00 bits per heavy atom. The van der Waals surface area contributed by atoms with Crippen molar-refractivity contribution in [1.29, 1.82) is 0 Å². The molecule has 0 saturated heterocycles. The molecular weight excluding hydrogens is 381 g/mol. The number of hydrogen-bond acceptors (Lipinski definition) is 2. The highest BCUT2D eigenvalue weighted by Gasteiger charge is 2.42. The highest BCUT2D eigenvalue weighted by atomic mass is 19.4. The van der Waals surface area contributed by atoms with E-state index in [1.54, 1.807) is 24.3 Å². The average molecular weight is 394 g/mol. The number of rotatable bonds is 4. The number of nitrogens with two attached hydrogens (primary N) is 1. The summed E-state index contributed by atoms with van der Waals surface area (Å²) >= 11 is 0. The lowest BCUT2D eigenvalue weighted by Gasteiger charge is -2.16. The van der Waals surface area contributed by atoms with Gasteiger partial charge in [0.15, 0.2) is 23.3 Å². The molecule has 10 heteroatoms. The lowest BCUT2D eigenvalue weighted by atomic mass is 10.0. The van der Waals surface area contributed by atoms with E-state index in [-0.39, 0.29) is 6.42 Å². The molecular formula is C17H13F7N2O. The van der Waals surface area contributed by atoms with E-state index in [9.17, 15) is 35.5 Å². The third-order valence-corrected chi connectivity index (χ3v) is 3.71. The molecule has 3 N–H and O–H groups in total. The van der Waals surface area contributed by atoms with Gasteiger partial charge in [-0.15, -0.1) is 0 Å². The Kier molecular flexibility index (Phi) is 5.79. The second kappa shape index (κ2) is 7.55. The summed E-state index contributed by atoms with van der Waals surface area (Å²) in [5.41, 5.74) is 2.70. The molecule has 0 radical (unpaired) electrons. The SMILES string of the molecule is Cc1ccc(C[C@H](N)C(=O)Nc2c(F)c(F)c(C(F)(F)F)c(F)c2F)cc1. The van der Waals surface area contributed by atoms with Crippen LogP contribution in [0.1, 0.15) is 16.7 Å². The Balaban J connectivity index is 2.28. The summed E-state index contributed by atoms with van der Waals surface area (Å²) < 4.78 is 92.3.